The summed E-state index contributed by atoms with van der Waals surface area (Å²) in [7, 11) is -4.77. The summed E-state index contributed by atoms with van der Waals surface area (Å²) in [5.41, 5.74) is 0. The highest BCUT2D eigenvalue weighted by Crippen LogP contribution is 2.43. The van der Waals surface area contributed by atoms with Crippen molar-refractivity contribution in [1.29, 1.82) is 0 Å². The molecule has 0 spiro atoms. The van der Waals surface area contributed by atoms with Crippen molar-refractivity contribution in [2.24, 2.45) is 0 Å². The van der Waals surface area contributed by atoms with Crippen LogP contribution in [0, 0.1) is 0 Å². The van der Waals surface area contributed by atoms with Gasteiger partial charge in [0.1, 0.15) is 12.7 Å². The first-order chi connectivity index (χ1) is 36.2. The Bertz CT molecular complexity index is 1610. The van der Waals surface area contributed by atoms with E-state index in [1.54, 1.807) is 6.08 Å². The van der Waals surface area contributed by atoms with E-state index < -0.39 is 64.4 Å². The second-order valence-electron chi connectivity index (χ2n) is 19.1. The molecule has 0 radical (unpaired) electrons. The molecular weight excluding hydrogens is 952 g/mol. The van der Waals surface area contributed by atoms with E-state index in [0.29, 0.717) is 19.3 Å². The molecule has 0 aliphatic carbocycles. The predicted octanol–water partition coefficient (Wildman–Crippen LogP) is 17.3. The topological polar surface area (TPSA) is 155 Å². The van der Waals surface area contributed by atoms with E-state index in [1.165, 1.54) is 83.5 Å². The molecule has 0 aromatic carbocycles. The molecule has 0 saturated carbocycles. The third kappa shape index (κ3) is 53.2. The van der Waals surface area contributed by atoms with Crippen LogP contribution in [-0.4, -0.2) is 66.5 Å². The van der Waals surface area contributed by atoms with Crippen molar-refractivity contribution in [3.8, 4) is 0 Å². The first-order valence-electron chi connectivity index (χ1n) is 29.1. The van der Waals surface area contributed by atoms with Crippen molar-refractivity contribution in [2.75, 3.05) is 26.4 Å². The molecule has 0 amide bonds. The van der Waals surface area contributed by atoms with Crippen LogP contribution in [0.5, 0.6) is 0 Å². The molecule has 0 fully saturated rings. The number of carbonyl (C=O) groups is 3. The fourth-order valence-corrected chi connectivity index (χ4v) is 8.46. The number of ether oxygens (including phenoxy) is 3. The molecular formula is C62H105O11P. The number of allylic oxidation sites excluding steroid dienone is 15. The van der Waals surface area contributed by atoms with Crippen LogP contribution in [-0.2, 0) is 42.2 Å². The molecule has 0 rings (SSSR count). The van der Waals surface area contributed by atoms with Crippen LogP contribution < -0.4 is 0 Å². The summed E-state index contributed by atoms with van der Waals surface area (Å²) < 4.78 is 39.4. The van der Waals surface area contributed by atoms with Gasteiger partial charge in [-0.1, -0.05) is 240 Å². The van der Waals surface area contributed by atoms with Gasteiger partial charge in [-0.2, -0.15) is 0 Å². The molecule has 0 aliphatic rings. The summed E-state index contributed by atoms with van der Waals surface area (Å²) in [5.74, 6) is -1.63. The number of esters is 3. The van der Waals surface area contributed by atoms with Gasteiger partial charge in [0.05, 0.1) is 26.2 Å². The fraction of sp³-hybridized carbons (Fsp3) is 0.694. The maximum Gasteiger partial charge on any atom is 0.472 e. The SMILES string of the molecule is CC/C=C\C/C=C\C/C=C\C/C=C\C/C=C\CC(=O)OCC(COP(=O)(O)OCC(CO)OC(=O)CCCCCCC/C=C\C/C=C\C/C=C\CC)OC(=O)CCCCCCCCCCCCCCCCCCC. The summed E-state index contributed by atoms with van der Waals surface area (Å²) in [5, 5.41) is 9.81. The first-order valence-corrected chi connectivity index (χ1v) is 30.6. The van der Waals surface area contributed by atoms with Crippen LogP contribution in [0.15, 0.2) is 97.2 Å². The lowest BCUT2D eigenvalue weighted by molar-refractivity contribution is -0.161. The number of aliphatic hydroxyl groups is 1. The zero-order valence-electron chi connectivity index (χ0n) is 46.8. The van der Waals surface area contributed by atoms with Crippen molar-refractivity contribution in [3.63, 3.8) is 0 Å². The minimum absolute atomic E-state index is 0.00852. The molecule has 3 unspecified atom stereocenters. The van der Waals surface area contributed by atoms with Crippen LogP contribution in [0.3, 0.4) is 0 Å². The van der Waals surface area contributed by atoms with Gasteiger partial charge in [-0.15, -0.1) is 0 Å². The highest BCUT2D eigenvalue weighted by atomic mass is 31.2. The van der Waals surface area contributed by atoms with Gasteiger partial charge in [0.25, 0.3) is 0 Å². The van der Waals surface area contributed by atoms with Gasteiger partial charge in [0.15, 0.2) is 6.10 Å². The van der Waals surface area contributed by atoms with Crippen molar-refractivity contribution < 1.29 is 52.2 Å². The monoisotopic (exact) mass is 1060 g/mol. The number of rotatable bonds is 53. The highest BCUT2D eigenvalue weighted by molar-refractivity contribution is 7.47. The Kier molecular flexibility index (Phi) is 52.9. The van der Waals surface area contributed by atoms with E-state index >= 15 is 0 Å². The van der Waals surface area contributed by atoms with Crippen LogP contribution in [0.1, 0.15) is 239 Å². The van der Waals surface area contributed by atoms with Crippen molar-refractivity contribution in [3.05, 3.63) is 97.2 Å². The number of hydrogen-bond donors (Lipinski definition) is 2. The zero-order valence-corrected chi connectivity index (χ0v) is 47.7. The van der Waals surface area contributed by atoms with Crippen molar-refractivity contribution >= 4 is 25.7 Å². The molecule has 0 aromatic heterocycles. The molecule has 0 aliphatic heterocycles. The number of carbonyl (C=O) groups excluding carboxylic acids is 3. The van der Waals surface area contributed by atoms with Gasteiger partial charge >= 0.3 is 25.7 Å². The number of hydrogen-bond acceptors (Lipinski definition) is 10. The molecule has 2 N–H and O–H groups in total. The van der Waals surface area contributed by atoms with Crippen LogP contribution in [0.4, 0.5) is 0 Å². The fourth-order valence-electron chi connectivity index (χ4n) is 7.68. The molecule has 12 heteroatoms. The maximum absolute atomic E-state index is 12.9. The molecule has 74 heavy (non-hydrogen) atoms. The third-order valence-electron chi connectivity index (χ3n) is 12.0. The summed E-state index contributed by atoms with van der Waals surface area (Å²) in [6.45, 7) is 4.30. The number of unbranched alkanes of at least 4 members (excludes halogenated alkanes) is 21. The van der Waals surface area contributed by atoms with Gasteiger partial charge < -0.3 is 24.2 Å². The van der Waals surface area contributed by atoms with Crippen LogP contribution in [0.25, 0.3) is 0 Å². The smallest absolute Gasteiger partial charge is 0.461 e. The normalized spacial score (nSPS) is 14.1. The Labute approximate surface area is 451 Å². The van der Waals surface area contributed by atoms with Crippen molar-refractivity contribution in [2.45, 2.75) is 251 Å². The standard InChI is InChI=1S/C62H105O11P/c1-4-7-10-13-16-19-22-25-28-29-32-35-38-41-44-47-50-53-62(66)73-59(55-69-60(64)51-48-45-42-39-36-33-30-26-23-20-17-14-11-8-5-2)57-71-74(67,68)70-56-58(54-63)72-61(65)52-49-46-43-40-37-34-31-27-24-21-18-15-12-9-6-3/h8-9,11-12,17-18,20-21,26-27,30-31,36,39,45,48,58-59,63H,4-7,10,13-16,19,22-25,28-29,32-35,37-38,40-44,46-47,49-57H2,1-3H3,(H,67,68)/b11-8-,12-9-,20-17-,21-18-,30-26-,31-27-,39-36-,48-45-. The first kappa shape index (κ1) is 70.4. The minimum atomic E-state index is -4.77. The number of phosphoric ester groups is 1. The van der Waals surface area contributed by atoms with E-state index in [1.807, 2.05) is 12.2 Å². The lowest BCUT2D eigenvalue weighted by Gasteiger charge is -2.21. The average Bonchev–Trinajstić information content (AvgIpc) is 3.39. The van der Waals surface area contributed by atoms with E-state index in [-0.39, 0.29) is 19.3 Å². The van der Waals surface area contributed by atoms with Gasteiger partial charge in [0.2, 0.25) is 0 Å². The largest absolute Gasteiger partial charge is 0.472 e. The third-order valence-corrected chi connectivity index (χ3v) is 13.0. The van der Waals surface area contributed by atoms with E-state index in [0.717, 1.165) is 96.3 Å². The van der Waals surface area contributed by atoms with Gasteiger partial charge in [-0.3, -0.25) is 23.4 Å². The van der Waals surface area contributed by atoms with Crippen LogP contribution >= 0.6 is 7.82 Å². The summed E-state index contributed by atoms with van der Waals surface area (Å²) in [6, 6.07) is 0. The molecule has 11 nitrogen and oxygen atoms in total. The van der Waals surface area contributed by atoms with Gasteiger partial charge in [-0.05, 0) is 77.0 Å². The van der Waals surface area contributed by atoms with Crippen LogP contribution in [0.2, 0.25) is 0 Å². The second kappa shape index (κ2) is 55.6. The molecule has 0 bridgehead atoms. The molecule has 0 heterocycles. The lowest BCUT2D eigenvalue weighted by Crippen LogP contribution is -2.30. The molecule has 0 saturated heterocycles. The Balaban J connectivity index is 4.82. The maximum atomic E-state index is 12.9. The lowest BCUT2D eigenvalue weighted by atomic mass is 10.0. The van der Waals surface area contributed by atoms with E-state index in [4.69, 9.17) is 23.3 Å². The van der Waals surface area contributed by atoms with Crippen molar-refractivity contribution in [1.82, 2.24) is 0 Å². The number of aliphatic hydroxyl groups excluding tert-OH is 1. The molecule has 3 atom stereocenters. The Morgan fingerprint density at radius 3 is 1.15 bits per heavy atom. The average molecular weight is 1060 g/mol. The summed E-state index contributed by atoms with van der Waals surface area (Å²) in [4.78, 5) is 48.5. The molecule has 0 aromatic rings. The van der Waals surface area contributed by atoms with Gasteiger partial charge in [0, 0.05) is 12.8 Å². The summed E-state index contributed by atoms with van der Waals surface area (Å²) in [6.07, 6.45) is 65.4. The van der Waals surface area contributed by atoms with Gasteiger partial charge in [-0.25, -0.2) is 4.57 Å². The van der Waals surface area contributed by atoms with E-state index in [2.05, 4.69) is 99.8 Å². The predicted molar refractivity (Wildman–Crippen MR) is 307 cm³/mol. The Morgan fingerprint density at radius 1 is 0.405 bits per heavy atom. The Hall–Kier alpha value is -3.60. The minimum Gasteiger partial charge on any atom is -0.461 e. The number of phosphoric acid groups is 1. The van der Waals surface area contributed by atoms with E-state index in [9.17, 15) is 28.9 Å². The summed E-state index contributed by atoms with van der Waals surface area (Å²) >= 11 is 0. The Morgan fingerprint density at radius 2 is 0.743 bits per heavy atom. The second-order valence-corrected chi connectivity index (χ2v) is 20.5. The highest BCUT2D eigenvalue weighted by Gasteiger charge is 2.28. The quantitative estimate of drug-likeness (QED) is 0.0197. The zero-order chi connectivity index (χ0) is 54.1. The molecule has 424 valence electrons.